The average Bonchev–Trinajstić information content (AvgIpc) is 3.31. The summed E-state index contributed by atoms with van der Waals surface area (Å²) in [6.45, 7) is 1.59. The highest BCUT2D eigenvalue weighted by Crippen LogP contribution is 2.32. The number of hydrogen-bond acceptors (Lipinski definition) is 6. The number of halogens is 3. The predicted octanol–water partition coefficient (Wildman–Crippen LogP) is 5.95. The Labute approximate surface area is 208 Å². The third-order valence-electron chi connectivity index (χ3n) is 5.34. The topological polar surface area (TPSA) is 106 Å². The van der Waals surface area contributed by atoms with Gasteiger partial charge in [0.15, 0.2) is 5.65 Å². The van der Waals surface area contributed by atoms with Crippen LogP contribution in [0.25, 0.3) is 16.9 Å². The molecular formula is C25H18F3N7O2. The van der Waals surface area contributed by atoms with Crippen LogP contribution in [-0.4, -0.2) is 30.6 Å². The number of hydrogen-bond donors (Lipinski definition) is 2. The van der Waals surface area contributed by atoms with Gasteiger partial charge in [-0.15, -0.1) is 0 Å². The molecule has 5 rings (SSSR count). The Bertz CT molecular complexity index is 1570. The number of fused-ring (bicyclic) bond motifs is 1. The maximum absolute atomic E-state index is 13.0. The average molecular weight is 505 g/mol. The highest BCUT2D eigenvalue weighted by atomic mass is 19.4. The Balaban J connectivity index is 1.21. The predicted molar refractivity (Wildman–Crippen MR) is 129 cm³/mol. The second-order valence-electron chi connectivity index (χ2n) is 7.92. The van der Waals surface area contributed by atoms with E-state index in [0.29, 0.717) is 11.3 Å². The smallest absolute Gasteiger partial charge is 0.416 e. The number of carbonyl (C=O) groups excluding carboxylic acids is 1. The first-order chi connectivity index (χ1) is 17.8. The van der Waals surface area contributed by atoms with Crippen LogP contribution in [0.4, 0.5) is 29.3 Å². The van der Waals surface area contributed by atoms with E-state index in [9.17, 15) is 18.0 Å². The molecule has 0 unspecified atom stereocenters. The number of carbonyl (C=O) groups is 1. The van der Waals surface area contributed by atoms with E-state index in [4.69, 9.17) is 4.74 Å². The van der Waals surface area contributed by atoms with Gasteiger partial charge >= 0.3 is 18.2 Å². The summed E-state index contributed by atoms with van der Waals surface area (Å²) in [6, 6.07) is 13.3. The number of urea groups is 1. The summed E-state index contributed by atoms with van der Waals surface area (Å²) in [6.07, 6.45) is 1.54. The second-order valence-corrected chi connectivity index (χ2v) is 7.92. The molecule has 3 aromatic heterocycles. The molecular weight excluding hydrogens is 487 g/mol. The van der Waals surface area contributed by atoms with Crippen molar-refractivity contribution in [2.24, 2.45) is 0 Å². The molecule has 9 nitrogen and oxygen atoms in total. The molecule has 5 aromatic rings. The molecule has 186 valence electrons. The highest BCUT2D eigenvalue weighted by Gasteiger charge is 2.31. The number of anilines is 2. The Hall–Kier alpha value is -5.00. The first-order valence-electron chi connectivity index (χ1n) is 10.9. The Kier molecular flexibility index (Phi) is 6.14. The summed E-state index contributed by atoms with van der Waals surface area (Å²) in [5, 5.41) is 9.19. The minimum Gasteiger partial charge on any atom is -0.424 e. The summed E-state index contributed by atoms with van der Waals surface area (Å²) in [5.74, 6) is 0.490. The molecule has 3 heterocycles. The lowest BCUT2D eigenvalue weighted by atomic mass is 10.1. The summed E-state index contributed by atoms with van der Waals surface area (Å²) < 4.78 is 46.3. The zero-order valence-electron chi connectivity index (χ0n) is 19.2. The van der Waals surface area contributed by atoms with Crippen molar-refractivity contribution in [3.8, 4) is 23.0 Å². The molecule has 0 atom stereocenters. The number of nitrogens with one attached hydrogen (secondary N) is 2. The van der Waals surface area contributed by atoms with Crippen LogP contribution in [-0.2, 0) is 6.18 Å². The summed E-state index contributed by atoms with van der Waals surface area (Å²) in [7, 11) is 0. The first kappa shape index (κ1) is 23.7. The Morgan fingerprint density at radius 3 is 2.43 bits per heavy atom. The third-order valence-corrected chi connectivity index (χ3v) is 5.34. The molecule has 0 saturated heterocycles. The number of benzene rings is 2. The molecule has 0 saturated carbocycles. The van der Waals surface area contributed by atoms with Crippen LogP contribution in [0.1, 0.15) is 11.1 Å². The van der Waals surface area contributed by atoms with Crippen molar-refractivity contribution in [2.75, 3.05) is 10.6 Å². The quantitative estimate of drug-likeness (QED) is 0.306. The minimum atomic E-state index is -4.52. The number of alkyl halides is 3. The molecule has 0 radical (unpaired) electrons. The van der Waals surface area contributed by atoms with Crippen molar-refractivity contribution in [1.29, 1.82) is 0 Å². The van der Waals surface area contributed by atoms with E-state index in [0.717, 1.165) is 29.0 Å². The summed E-state index contributed by atoms with van der Waals surface area (Å²) >= 11 is 0. The number of amides is 2. The first-order valence-corrected chi connectivity index (χ1v) is 10.9. The van der Waals surface area contributed by atoms with E-state index < -0.39 is 17.8 Å². The summed E-state index contributed by atoms with van der Waals surface area (Å²) in [5.41, 5.74) is 2.33. The standard InChI is InChI=1S/C25H18F3N7O2/c1-15-4-7-17(25(26,27)28)11-20(15)34-23(36)33-18-12-30-24(31-13-18)37-19-8-5-16(6-9-19)21-14-29-22-3-2-10-32-35(21)22/h2-14H,1H3,(H2,33,34,36). The minimum absolute atomic E-state index is 0.0383. The molecule has 2 aromatic carbocycles. The van der Waals surface area contributed by atoms with Crippen LogP contribution >= 0.6 is 0 Å². The van der Waals surface area contributed by atoms with Crippen LogP contribution in [0.3, 0.4) is 0 Å². The van der Waals surface area contributed by atoms with E-state index in [1.54, 1.807) is 36.0 Å². The van der Waals surface area contributed by atoms with Gasteiger partial charge in [0, 0.05) is 17.4 Å². The number of ether oxygens (including phenoxy) is 1. The third kappa shape index (κ3) is 5.32. The molecule has 2 N–H and O–H groups in total. The normalized spacial score (nSPS) is 11.4. The number of aryl methyl sites for hydroxylation is 1. The van der Waals surface area contributed by atoms with Gasteiger partial charge in [0.2, 0.25) is 0 Å². The second kappa shape index (κ2) is 9.57. The van der Waals surface area contributed by atoms with Gasteiger partial charge in [-0.05, 0) is 61.0 Å². The Morgan fingerprint density at radius 2 is 1.70 bits per heavy atom. The highest BCUT2D eigenvalue weighted by molar-refractivity contribution is 6.00. The fourth-order valence-corrected chi connectivity index (χ4v) is 3.48. The van der Waals surface area contributed by atoms with Gasteiger partial charge in [-0.3, -0.25) is 0 Å². The van der Waals surface area contributed by atoms with Gasteiger partial charge in [0.05, 0.1) is 35.5 Å². The van der Waals surface area contributed by atoms with E-state index >= 15 is 0 Å². The monoisotopic (exact) mass is 505 g/mol. The fraction of sp³-hybridized carbons (Fsp3) is 0.0800. The van der Waals surface area contributed by atoms with Gasteiger partial charge in [0.25, 0.3) is 0 Å². The van der Waals surface area contributed by atoms with Crippen LogP contribution in [0, 0.1) is 6.92 Å². The van der Waals surface area contributed by atoms with Gasteiger partial charge in [-0.1, -0.05) is 6.07 Å². The maximum Gasteiger partial charge on any atom is 0.416 e. The van der Waals surface area contributed by atoms with E-state index in [-0.39, 0.29) is 17.4 Å². The molecule has 0 aliphatic carbocycles. The molecule has 12 heteroatoms. The van der Waals surface area contributed by atoms with Gasteiger partial charge < -0.3 is 15.4 Å². The van der Waals surface area contributed by atoms with Crippen molar-refractivity contribution in [3.63, 3.8) is 0 Å². The van der Waals surface area contributed by atoms with Gasteiger partial charge in [0.1, 0.15) is 5.75 Å². The van der Waals surface area contributed by atoms with Crippen LogP contribution in [0.2, 0.25) is 0 Å². The van der Waals surface area contributed by atoms with Crippen molar-refractivity contribution < 1.29 is 22.7 Å². The van der Waals surface area contributed by atoms with Crippen LogP contribution < -0.4 is 15.4 Å². The molecule has 0 bridgehead atoms. The fourth-order valence-electron chi connectivity index (χ4n) is 3.48. The molecule has 0 fully saturated rings. The van der Waals surface area contributed by atoms with E-state index in [1.165, 1.54) is 18.5 Å². The van der Waals surface area contributed by atoms with Gasteiger partial charge in [-0.2, -0.15) is 18.3 Å². The van der Waals surface area contributed by atoms with Crippen LogP contribution in [0.15, 0.2) is 79.4 Å². The maximum atomic E-state index is 13.0. The zero-order chi connectivity index (χ0) is 26.0. The lowest BCUT2D eigenvalue weighted by molar-refractivity contribution is -0.137. The van der Waals surface area contributed by atoms with Crippen molar-refractivity contribution in [3.05, 3.63) is 90.5 Å². The number of imidazole rings is 1. The number of rotatable bonds is 5. The molecule has 2 amide bonds. The largest absolute Gasteiger partial charge is 0.424 e. The van der Waals surface area contributed by atoms with E-state index in [1.807, 2.05) is 24.3 Å². The van der Waals surface area contributed by atoms with Crippen molar-refractivity contribution >= 4 is 23.1 Å². The molecule has 0 aliphatic rings. The number of aromatic nitrogens is 5. The zero-order valence-corrected chi connectivity index (χ0v) is 19.2. The lowest BCUT2D eigenvalue weighted by Gasteiger charge is -2.13. The molecule has 37 heavy (non-hydrogen) atoms. The summed E-state index contributed by atoms with van der Waals surface area (Å²) in [4.78, 5) is 24.7. The molecule has 0 aliphatic heterocycles. The number of nitrogens with zero attached hydrogens (tertiary/aromatic N) is 5. The van der Waals surface area contributed by atoms with Crippen LogP contribution in [0.5, 0.6) is 11.8 Å². The van der Waals surface area contributed by atoms with Crippen molar-refractivity contribution in [2.45, 2.75) is 13.1 Å². The van der Waals surface area contributed by atoms with E-state index in [2.05, 4.69) is 30.7 Å². The van der Waals surface area contributed by atoms with Crippen molar-refractivity contribution in [1.82, 2.24) is 24.6 Å². The SMILES string of the molecule is Cc1ccc(C(F)(F)F)cc1NC(=O)Nc1cnc(Oc2ccc(-c3cnc4cccnn34)cc2)nc1. The molecule has 0 spiro atoms. The lowest BCUT2D eigenvalue weighted by Crippen LogP contribution is -2.20. The van der Waals surface area contributed by atoms with Gasteiger partial charge in [-0.25, -0.2) is 24.3 Å². The Morgan fingerprint density at radius 1 is 0.946 bits per heavy atom.